The lowest BCUT2D eigenvalue weighted by atomic mass is 9.90. The first-order valence-electron chi connectivity index (χ1n) is 13.3. The van der Waals surface area contributed by atoms with Gasteiger partial charge in [-0.3, -0.25) is 4.79 Å². The Kier molecular flexibility index (Phi) is 7.99. The monoisotopic (exact) mass is 483 g/mol. The lowest BCUT2D eigenvalue weighted by Crippen LogP contribution is -2.44. The van der Waals surface area contributed by atoms with Gasteiger partial charge in [-0.2, -0.15) is 0 Å². The number of β-amino-alcohol motifs (C(OH)–C–C–N with tert-alkyl or cyclic N) is 1. The summed E-state index contributed by atoms with van der Waals surface area (Å²) in [7, 11) is 0. The highest BCUT2D eigenvalue weighted by molar-refractivity contribution is 5.94. The summed E-state index contributed by atoms with van der Waals surface area (Å²) in [6.45, 7) is 4.11. The molecule has 2 aliphatic rings. The van der Waals surface area contributed by atoms with E-state index in [1.807, 2.05) is 12.1 Å². The largest absolute Gasteiger partial charge is 0.391 e. The molecule has 0 bridgehead atoms. The highest BCUT2D eigenvalue weighted by Crippen LogP contribution is 2.26. The molecule has 0 aliphatic carbocycles. The summed E-state index contributed by atoms with van der Waals surface area (Å²) in [5.74, 6) is 0.367. The topological polar surface area (TPSA) is 55.8 Å². The number of likely N-dealkylation sites (tertiary alicyclic amines) is 1. The van der Waals surface area contributed by atoms with E-state index in [4.69, 9.17) is 0 Å². The van der Waals surface area contributed by atoms with Crippen LogP contribution in [0.5, 0.6) is 0 Å². The maximum Gasteiger partial charge on any atom is 0.253 e. The molecule has 5 rings (SSSR count). The van der Waals surface area contributed by atoms with Crippen LogP contribution in [0.15, 0.2) is 84.9 Å². The lowest BCUT2D eigenvalue weighted by molar-refractivity contribution is 0.0474. The predicted molar refractivity (Wildman–Crippen MR) is 146 cm³/mol. The van der Waals surface area contributed by atoms with Crippen LogP contribution in [-0.2, 0) is 0 Å². The summed E-state index contributed by atoms with van der Waals surface area (Å²) in [4.78, 5) is 17.0. The van der Waals surface area contributed by atoms with E-state index in [1.165, 1.54) is 16.8 Å². The molecule has 1 unspecified atom stereocenters. The molecular weight excluding hydrogens is 446 g/mol. The Morgan fingerprint density at radius 2 is 1.44 bits per heavy atom. The quantitative estimate of drug-likeness (QED) is 0.513. The number of amides is 1. The van der Waals surface area contributed by atoms with Crippen molar-refractivity contribution in [2.75, 3.05) is 37.6 Å². The number of piperidine rings is 2. The summed E-state index contributed by atoms with van der Waals surface area (Å²) in [5.41, 5.74) is 4.58. The molecule has 2 N–H and O–H groups in total. The maximum absolute atomic E-state index is 12.8. The number of carbonyl (C=O) groups is 1. The standard InChI is InChI=1S/C31H37N3O2/c35-29-12-7-19-34(23-29)31(36)26-13-15-28(16-14-26)33-20-17-27(18-21-33)32-22-30(24-8-3-1-4-9-24)25-10-5-2-6-11-25/h1-6,8-11,13-16,27,29-30,32,35H,7,12,17-23H2. The Hall–Kier alpha value is -3.15. The number of benzene rings is 3. The van der Waals surface area contributed by atoms with Gasteiger partial charge in [-0.25, -0.2) is 0 Å². The first-order chi connectivity index (χ1) is 17.7. The lowest BCUT2D eigenvalue weighted by Gasteiger charge is -2.35. The minimum absolute atomic E-state index is 0.0228. The minimum Gasteiger partial charge on any atom is -0.391 e. The van der Waals surface area contributed by atoms with Crippen molar-refractivity contribution in [3.05, 3.63) is 102 Å². The average Bonchev–Trinajstić information content (AvgIpc) is 2.94. The Bertz CT molecular complexity index is 1060. The van der Waals surface area contributed by atoms with Crippen LogP contribution in [0.3, 0.4) is 0 Å². The molecule has 188 valence electrons. The zero-order valence-corrected chi connectivity index (χ0v) is 20.9. The van der Waals surface area contributed by atoms with Crippen LogP contribution in [0.2, 0.25) is 0 Å². The zero-order valence-electron chi connectivity index (χ0n) is 20.9. The van der Waals surface area contributed by atoms with Gasteiger partial charge in [-0.1, -0.05) is 60.7 Å². The van der Waals surface area contributed by atoms with Crippen LogP contribution >= 0.6 is 0 Å². The SMILES string of the molecule is O=C(c1ccc(N2CCC(NCC(c3ccccc3)c3ccccc3)CC2)cc1)N1CCCC(O)C1. The third-order valence-corrected chi connectivity index (χ3v) is 7.67. The van der Waals surface area contributed by atoms with Gasteiger partial charge in [0.15, 0.2) is 0 Å². The van der Waals surface area contributed by atoms with Crippen LogP contribution in [-0.4, -0.2) is 60.8 Å². The van der Waals surface area contributed by atoms with Crippen molar-refractivity contribution in [2.24, 2.45) is 0 Å². The fraction of sp³-hybridized carbons (Fsp3) is 0.387. The molecule has 2 aliphatic heterocycles. The molecule has 5 nitrogen and oxygen atoms in total. The van der Waals surface area contributed by atoms with E-state index in [9.17, 15) is 9.90 Å². The summed E-state index contributed by atoms with van der Waals surface area (Å²) < 4.78 is 0. The molecule has 3 aromatic rings. The van der Waals surface area contributed by atoms with Crippen molar-refractivity contribution in [3.8, 4) is 0 Å². The van der Waals surface area contributed by atoms with E-state index in [0.717, 1.165) is 51.9 Å². The summed E-state index contributed by atoms with van der Waals surface area (Å²) in [5, 5.41) is 13.7. The van der Waals surface area contributed by atoms with Gasteiger partial charge in [0.1, 0.15) is 0 Å². The second-order valence-electron chi connectivity index (χ2n) is 10.1. The molecule has 0 saturated carbocycles. The van der Waals surface area contributed by atoms with E-state index in [-0.39, 0.29) is 5.91 Å². The van der Waals surface area contributed by atoms with Crippen molar-refractivity contribution < 1.29 is 9.90 Å². The van der Waals surface area contributed by atoms with Gasteiger partial charge in [-0.15, -0.1) is 0 Å². The summed E-state index contributed by atoms with van der Waals surface area (Å²) >= 11 is 0. The molecule has 1 atom stereocenters. The van der Waals surface area contributed by atoms with Crippen LogP contribution in [0.4, 0.5) is 5.69 Å². The second-order valence-corrected chi connectivity index (χ2v) is 10.1. The Balaban J connectivity index is 1.14. The van der Waals surface area contributed by atoms with Crippen LogP contribution in [0, 0.1) is 0 Å². The fourth-order valence-electron chi connectivity index (χ4n) is 5.56. The summed E-state index contributed by atoms with van der Waals surface area (Å²) in [6.07, 6.45) is 3.45. The van der Waals surface area contributed by atoms with Gasteiger partial charge in [-0.05, 0) is 61.1 Å². The predicted octanol–water partition coefficient (Wildman–Crippen LogP) is 4.67. The number of hydrogen-bond donors (Lipinski definition) is 2. The van der Waals surface area contributed by atoms with E-state index < -0.39 is 6.10 Å². The number of anilines is 1. The molecular formula is C31H37N3O2. The number of carbonyl (C=O) groups excluding carboxylic acids is 1. The molecule has 3 aromatic carbocycles. The van der Waals surface area contributed by atoms with Crippen LogP contribution < -0.4 is 10.2 Å². The third-order valence-electron chi connectivity index (χ3n) is 7.67. The third kappa shape index (κ3) is 5.97. The van der Waals surface area contributed by atoms with Gasteiger partial charge in [0.25, 0.3) is 5.91 Å². The van der Waals surface area contributed by atoms with Crippen molar-refractivity contribution in [3.63, 3.8) is 0 Å². The number of aliphatic hydroxyl groups is 1. The van der Waals surface area contributed by atoms with Gasteiger partial charge < -0.3 is 20.2 Å². The molecule has 2 fully saturated rings. The highest BCUT2D eigenvalue weighted by atomic mass is 16.3. The van der Waals surface area contributed by atoms with Gasteiger partial charge in [0, 0.05) is 55.9 Å². The first-order valence-corrected chi connectivity index (χ1v) is 13.3. The number of aliphatic hydroxyl groups excluding tert-OH is 1. The van der Waals surface area contributed by atoms with Crippen molar-refractivity contribution in [1.29, 1.82) is 0 Å². The summed E-state index contributed by atoms with van der Waals surface area (Å²) in [6, 6.07) is 30.1. The minimum atomic E-state index is -0.396. The highest BCUT2D eigenvalue weighted by Gasteiger charge is 2.24. The molecule has 5 heteroatoms. The van der Waals surface area contributed by atoms with E-state index >= 15 is 0 Å². The zero-order chi connectivity index (χ0) is 24.7. The molecule has 0 aromatic heterocycles. The first kappa shape index (κ1) is 24.5. The number of nitrogens with zero attached hydrogens (tertiary/aromatic N) is 2. The second kappa shape index (κ2) is 11.7. The van der Waals surface area contributed by atoms with E-state index in [1.54, 1.807) is 4.90 Å². The normalized spacial score (nSPS) is 19.0. The number of hydrogen-bond acceptors (Lipinski definition) is 4. The van der Waals surface area contributed by atoms with Crippen LogP contribution in [0.1, 0.15) is 53.1 Å². The van der Waals surface area contributed by atoms with Gasteiger partial charge in [0.2, 0.25) is 0 Å². The Morgan fingerprint density at radius 3 is 2.03 bits per heavy atom. The molecule has 0 radical (unpaired) electrons. The molecule has 2 saturated heterocycles. The average molecular weight is 484 g/mol. The van der Waals surface area contributed by atoms with E-state index in [0.29, 0.717) is 24.1 Å². The Morgan fingerprint density at radius 1 is 0.833 bits per heavy atom. The van der Waals surface area contributed by atoms with Crippen molar-refractivity contribution in [2.45, 2.75) is 43.7 Å². The Labute approximate surface area is 214 Å². The van der Waals surface area contributed by atoms with E-state index in [2.05, 4.69) is 83.0 Å². The smallest absolute Gasteiger partial charge is 0.253 e. The van der Waals surface area contributed by atoms with Crippen molar-refractivity contribution >= 4 is 11.6 Å². The number of nitrogens with one attached hydrogen (secondary N) is 1. The van der Waals surface area contributed by atoms with Crippen LogP contribution in [0.25, 0.3) is 0 Å². The maximum atomic E-state index is 12.8. The molecule has 0 spiro atoms. The van der Waals surface area contributed by atoms with Crippen molar-refractivity contribution in [1.82, 2.24) is 10.2 Å². The fourth-order valence-corrected chi connectivity index (χ4v) is 5.56. The van der Waals surface area contributed by atoms with Gasteiger partial charge in [0.05, 0.1) is 6.10 Å². The molecule has 2 heterocycles. The number of rotatable bonds is 7. The molecule has 36 heavy (non-hydrogen) atoms. The molecule has 1 amide bonds. The van der Waals surface area contributed by atoms with Gasteiger partial charge >= 0.3 is 0 Å².